The smallest absolute Gasteiger partial charge is 0.280 e. The molecule has 2 heterocycles. The summed E-state index contributed by atoms with van der Waals surface area (Å²) in [6, 6.07) is 15.6. The van der Waals surface area contributed by atoms with E-state index in [1.54, 1.807) is 6.92 Å². The summed E-state index contributed by atoms with van der Waals surface area (Å²) >= 11 is 6.41. The van der Waals surface area contributed by atoms with Gasteiger partial charge in [-0.15, -0.1) is 0 Å². The molecule has 34 heavy (non-hydrogen) atoms. The van der Waals surface area contributed by atoms with Gasteiger partial charge in [0.15, 0.2) is 5.02 Å². The minimum atomic E-state index is -0.382. The quantitative estimate of drug-likeness (QED) is 0.344. The van der Waals surface area contributed by atoms with Gasteiger partial charge in [-0.2, -0.15) is 4.98 Å². The molecule has 0 fully saturated rings. The first-order chi connectivity index (χ1) is 16.2. The Labute approximate surface area is 204 Å². The molecule has 0 bridgehead atoms. The van der Waals surface area contributed by atoms with Crippen LogP contribution in [0.5, 0.6) is 5.88 Å². The molecule has 0 spiro atoms. The number of nitrogens with zero attached hydrogens (tertiary/aromatic N) is 4. The Bertz CT molecular complexity index is 1410. The highest BCUT2D eigenvalue weighted by Gasteiger charge is 2.17. The highest BCUT2D eigenvalue weighted by atomic mass is 35.5. The number of rotatable bonds is 6. The van der Waals surface area contributed by atoms with Crippen LogP contribution in [0, 0.1) is 20.8 Å². The van der Waals surface area contributed by atoms with Gasteiger partial charge >= 0.3 is 0 Å². The molecule has 0 unspecified atom stereocenters. The third kappa shape index (κ3) is 4.87. The topological polar surface area (TPSA) is 69.9 Å². The lowest BCUT2D eigenvalue weighted by molar-refractivity contribution is 0.291. The van der Waals surface area contributed by atoms with E-state index in [9.17, 15) is 4.79 Å². The Hall–Kier alpha value is -3.51. The van der Waals surface area contributed by atoms with Gasteiger partial charge in [-0.25, -0.2) is 9.97 Å². The fourth-order valence-electron chi connectivity index (χ4n) is 3.75. The zero-order valence-corrected chi connectivity index (χ0v) is 20.7. The molecule has 0 radical (unpaired) electrons. The Morgan fingerprint density at radius 3 is 2.53 bits per heavy atom. The van der Waals surface area contributed by atoms with Gasteiger partial charge < -0.3 is 4.74 Å². The van der Waals surface area contributed by atoms with Gasteiger partial charge in [0.25, 0.3) is 5.56 Å². The molecule has 0 amide bonds. The van der Waals surface area contributed by atoms with Crippen molar-refractivity contribution >= 4 is 11.6 Å². The molecule has 174 valence electrons. The zero-order valence-electron chi connectivity index (χ0n) is 20.0. The molecule has 0 aliphatic heterocycles. The third-order valence-corrected chi connectivity index (χ3v) is 5.83. The van der Waals surface area contributed by atoms with Crippen LogP contribution in [0.3, 0.4) is 0 Å². The van der Waals surface area contributed by atoms with E-state index in [-0.39, 0.29) is 29.0 Å². The fourth-order valence-corrected chi connectivity index (χ4v) is 3.94. The average molecular weight is 475 g/mol. The van der Waals surface area contributed by atoms with Crippen molar-refractivity contribution in [2.24, 2.45) is 0 Å². The fraction of sp³-hybridized carbons (Fsp3) is 0.259. The Kier molecular flexibility index (Phi) is 6.80. The van der Waals surface area contributed by atoms with Crippen molar-refractivity contribution in [1.82, 2.24) is 19.5 Å². The van der Waals surface area contributed by atoms with Gasteiger partial charge in [-0.3, -0.25) is 9.36 Å². The van der Waals surface area contributed by atoms with Gasteiger partial charge in [-0.1, -0.05) is 67.4 Å². The molecule has 4 rings (SSSR count). The first-order valence-corrected chi connectivity index (χ1v) is 11.5. The Morgan fingerprint density at radius 2 is 1.79 bits per heavy atom. The average Bonchev–Trinajstić information content (AvgIpc) is 2.81. The molecule has 0 saturated heterocycles. The van der Waals surface area contributed by atoms with E-state index < -0.39 is 0 Å². The summed E-state index contributed by atoms with van der Waals surface area (Å²) in [4.78, 5) is 26.9. The van der Waals surface area contributed by atoms with Crippen LogP contribution in [0.15, 0.2) is 59.5 Å². The van der Waals surface area contributed by atoms with E-state index in [4.69, 9.17) is 21.3 Å². The summed E-state index contributed by atoms with van der Waals surface area (Å²) in [5.74, 6) is 1.60. The van der Waals surface area contributed by atoms with Crippen LogP contribution in [-0.2, 0) is 6.61 Å². The lowest BCUT2D eigenvalue weighted by atomic mass is 10.1. The number of ether oxygens (including phenoxy) is 1. The van der Waals surface area contributed by atoms with E-state index in [1.807, 2.05) is 68.6 Å². The molecule has 2 aromatic carbocycles. The first-order valence-electron chi connectivity index (χ1n) is 11.2. The molecule has 4 aromatic rings. The predicted molar refractivity (Wildman–Crippen MR) is 135 cm³/mol. The summed E-state index contributed by atoms with van der Waals surface area (Å²) in [7, 11) is 0. The van der Waals surface area contributed by atoms with Crippen molar-refractivity contribution in [3.8, 4) is 22.8 Å². The van der Waals surface area contributed by atoms with E-state index in [1.165, 1.54) is 4.57 Å². The van der Waals surface area contributed by atoms with Crippen LogP contribution in [0.2, 0.25) is 5.02 Å². The normalized spacial score (nSPS) is 11.1. The minimum absolute atomic E-state index is 0.0519. The van der Waals surface area contributed by atoms with Crippen molar-refractivity contribution in [2.45, 2.75) is 47.1 Å². The van der Waals surface area contributed by atoms with Crippen molar-refractivity contribution in [1.29, 1.82) is 0 Å². The molecule has 0 atom stereocenters. The van der Waals surface area contributed by atoms with Crippen molar-refractivity contribution in [2.75, 3.05) is 0 Å². The van der Waals surface area contributed by atoms with Gasteiger partial charge in [0.05, 0.1) is 11.4 Å². The first kappa shape index (κ1) is 23.6. The summed E-state index contributed by atoms with van der Waals surface area (Å²) in [5, 5.41) is -0.0519. The van der Waals surface area contributed by atoms with Crippen molar-refractivity contribution < 1.29 is 4.74 Å². The van der Waals surface area contributed by atoms with Crippen molar-refractivity contribution in [3.05, 3.63) is 98.4 Å². The number of hydrogen-bond acceptors (Lipinski definition) is 5. The second-order valence-corrected chi connectivity index (χ2v) is 9.04. The largest absolute Gasteiger partial charge is 0.472 e. The maximum absolute atomic E-state index is 13.2. The SMILES string of the molecule is Cc1cccc(COc2nc(C)n(-c3cccc(-c4nc(C(C)C)ncc4C)c3)c(=O)c2Cl)c1. The third-order valence-electron chi connectivity index (χ3n) is 5.51. The number of aryl methyl sites for hydroxylation is 3. The second-order valence-electron chi connectivity index (χ2n) is 8.66. The summed E-state index contributed by atoms with van der Waals surface area (Å²) < 4.78 is 7.29. The maximum Gasteiger partial charge on any atom is 0.280 e. The summed E-state index contributed by atoms with van der Waals surface area (Å²) in [5.41, 5.74) is 5.07. The van der Waals surface area contributed by atoms with E-state index in [2.05, 4.69) is 23.8 Å². The van der Waals surface area contributed by atoms with Gasteiger partial charge in [0, 0.05) is 17.7 Å². The van der Waals surface area contributed by atoms with Crippen LogP contribution in [-0.4, -0.2) is 19.5 Å². The molecule has 0 saturated carbocycles. The molecule has 0 aliphatic carbocycles. The molecular weight excluding hydrogens is 448 g/mol. The Balaban J connectivity index is 1.70. The molecule has 0 N–H and O–H groups in total. The Morgan fingerprint density at radius 1 is 1.03 bits per heavy atom. The highest BCUT2D eigenvalue weighted by Crippen LogP contribution is 2.26. The van der Waals surface area contributed by atoms with Crippen molar-refractivity contribution in [3.63, 3.8) is 0 Å². The maximum atomic E-state index is 13.2. The van der Waals surface area contributed by atoms with Gasteiger partial charge in [-0.05, 0) is 44.0 Å². The van der Waals surface area contributed by atoms with Crippen LogP contribution in [0.1, 0.15) is 48.1 Å². The summed E-state index contributed by atoms with van der Waals surface area (Å²) in [6.45, 7) is 10.1. The number of halogens is 1. The minimum Gasteiger partial charge on any atom is -0.472 e. The predicted octanol–water partition coefficient (Wildman–Crippen LogP) is 5.97. The highest BCUT2D eigenvalue weighted by molar-refractivity contribution is 6.31. The van der Waals surface area contributed by atoms with Gasteiger partial charge in [0.1, 0.15) is 18.3 Å². The molecule has 2 aromatic heterocycles. The zero-order chi connectivity index (χ0) is 24.4. The molecule has 7 heteroatoms. The standard InChI is InChI=1S/C27H27ClN4O2/c1-16(2)25-29-14-18(4)24(31-25)21-10-7-11-22(13-21)32-19(5)30-26(23(28)27(32)33)34-15-20-9-6-8-17(3)12-20/h6-14,16H,15H2,1-5H3. The van der Waals surface area contributed by atoms with E-state index in [0.717, 1.165) is 33.8 Å². The monoisotopic (exact) mass is 474 g/mol. The number of hydrogen-bond donors (Lipinski definition) is 0. The number of benzene rings is 2. The molecule has 6 nitrogen and oxygen atoms in total. The second kappa shape index (κ2) is 9.77. The number of aromatic nitrogens is 4. The van der Waals surface area contributed by atoms with Crippen LogP contribution >= 0.6 is 11.6 Å². The lowest BCUT2D eigenvalue weighted by Gasteiger charge is -2.15. The van der Waals surface area contributed by atoms with Crippen LogP contribution < -0.4 is 10.3 Å². The molecular formula is C27H27ClN4O2. The van der Waals surface area contributed by atoms with E-state index in [0.29, 0.717) is 11.5 Å². The van der Waals surface area contributed by atoms with Crippen LogP contribution in [0.25, 0.3) is 16.9 Å². The van der Waals surface area contributed by atoms with Gasteiger partial charge in [0.2, 0.25) is 5.88 Å². The lowest BCUT2D eigenvalue weighted by Crippen LogP contribution is -2.23. The van der Waals surface area contributed by atoms with E-state index >= 15 is 0 Å². The van der Waals surface area contributed by atoms with Crippen LogP contribution in [0.4, 0.5) is 0 Å². The molecule has 0 aliphatic rings. The summed E-state index contributed by atoms with van der Waals surface area (Å²) in [6.07, 6.45) is 1.83.